The second-order valence-electron chi connectivity index (χ2n) is 4.56. The van der Waals surface area contributed by atoms with E-state index in [-0.39, 0.29) is 0 Å². The van der Waals surface area contributed by atoms with E-state index < -0.39 is 6.10 Å². The summed E-state index contributed by atoms with van der Waals surface area (Å²) in [4.78, 5) is 2.12. The second kappa shape index (κ2) is 6.40. The molecule has 0 aliphatic rings. The lowest BCUT2D eigenvalue weighted by Crippen LogP contribution is -2.34. The Labute approximate surface area is 112 Å². The van der Waals surface area contributed by atoms with Crippen LogP contribution in [0, 0.1) is 0 Å². The number of furan rings is 1. The highest BCUT2D eigenvalue weighted by Crippen LogP contribution is 2.07. The molecule has 0 saturated heterocycles. The highest BCUT2D eigenvalue weighted by molar-refractivity contribution is 5.30. The van der Waals surface area contributed by atoms with Gasteiger partial charge in [0.05, 0.1) is 37.3 Å². The van der Waals surface area contributed by atoms with E-state index >= 15 is 0 Å². The van der Waals surface area contributed by atoms with Gasteiger partial charge >= 0.3 is 0 Å². The molecular formula is C13H20N4O2. The van der Waals surface area contributed by atoms with Gasteiger partial charge in [-0.2, -0.15) is 5.10 Å². The zero-order valence-electron chi connectivity index (χ0n) is 11.1. The van der Waals surface area contributed by atoms with Crippen molar-refractivity contribution < 1.29 is 9.52 Å². The van der Waals surface area contributed by atoms with Crippen LogP contribution in [0.3, 0.4) is 0 Å². The molecule has 104 valence electrons. The Morgan fingerprint density at radius 2 is 2.42 bits per heavy atom. The summed E-state index contributed by atoms with van der Waals surface area (Å²) in [7, 11) is 0. The standard InChI is InChI=1S/C13H20N4O2/c1-2-16(10-13-4-3-5-19-13)8-12(18)9-17-7-11(14)6-15-17/h3-7,12,18H,2,8-10,14H2,1H3. The molecule has 2 heterocycles. The first-order chi connectivity index (χ1) is 9.17. The van der Waals surface area contributed by atoms with Gasteiger partial charge in [0.1, 0.15) is 5.76 Å². The van der Waals surface area contributed by atoms with Crippen LogP contribution in [0.5, 0.6) is 0 Å². The van der Waals surface area contributed by atoms with Gasteiger partial charge in [0, 0.05) is 12.7 Å². The predicted octanol–water partition coefficient (Wildman–Crippen LogP) is 0.941. The van der Waals surface area contributed by atoms with Crippen LogP contribution < -0.4 is 5.73 Å². The van der Waals surface area contributed by atoms with Crippen molar-refractivity contribution in [2.24, 2.45) is 0 Å². The fraction of sp³-hybridized carbons (Fsp3) is 0.462. The van der Waals surface area contributed by atoms with E-state index in [9.17, 15) is 5.11 Å². The molecule has 6 nitrogen and oxygen atoms in total. The van der Waals surface area contributed by atoms with E-state index in [1.807, 2.05) is 12.1 Å². The molecule has 0 aliphatic carbocycles. The Balaban J connectivity index is 1.83. The molecule has 6 heteroatoms. The minimum atomic E-state index is -0.491. The van der Waals surface area contributed by atoms with E-state index in [1.54, 1.807) is 23.3 Å². The summed E-state index contributed by atoms with van der Waals surface area (Å²) in [6.07, 6.45) is 4.46. The Kier molecular flexibility index (Phi) is 4.59. The molecule has 0 spiro atoms. The summed E-state index contributed by atoms with van der Waals surface area (Å²) >= 11 is 0. The summed E-state index contributed by atoms with van der Waals surface area (Å²) < 4.78 is 6.97. The molecule has 0 saturated carbocycles. The zero-order chi connectivity index (χ0) is 13.7. The lowest BCUT2D eigenvalue weighted by molar-refractivity contribution is 0.0909. The molecule has 0 bridgehead atoms. The fourth-order valence-electron chi connectivity index (χ4n) is 1.98. The third-order valence-corrected chi connectivity index (χ3v) is 2.93. The lowest BCUT2D eigenvalue weighted by atomic mass is 10.3. The summed E-state index contributed by atoms with van der Waals surface area (Å²) in [5.74, 6) is 0.900. The number of nitrogen functional groups attached to an aromatic ring is 1. The van der Waals surface area contributed by atoms with Gasteiger partial charge in [-0.3, -0.25) is 9.58 Å². The van der Waals surface area contributed by atoms with Crippen LogP contribution in [0.4, 0.5) is 5.69 Å². The number of nitrogens with zero attached hydrogens (tertiary/aromatic N) is 3. The lowest BCUT2D eigenvalue weighted by Gasteiger charge is -2.22. The first kappa shape index (κ1) is 13.6. The van der Waals surface area contributed by atoms with Crippen molar-refractivity contribution in [1.29, 1.82) is 0 Å². The Hall–Kier alpha value is -1.79. The Morgan fingerprint density at radius 3 is 3.00 bits per heavy atom. The first-order valence-corrected chi connectivity index (χ1v) is 6.38. The summed E-state index contributed by atoms with van der Waals surface area (Å²) in [6.45, 7) is 4.60. The molecule has 0 aliphatic heterocycles. The van der Waals surface area contributed by atoms with Gasteiger partial charge in [0.25, 0.3) is 0 Å². The maximum atomic E-state index is 10.1. The van der Waals surface area contributed by atoms with Crippen LogP contribution in [0.25, 0.3) is 0 Å². The van der Waals surface area contributed by atoms with Gasteiger partial charge in [-0.25, -0.2) is 0 Å². The maximum absolute atomic E-state index is 10.1. The number of likely N-dealkylation sites (N-methyl/N-ethyl adjacent to an activating group) is 1. The first-order valence-electron chi connectivity index (χ1n) is 6.38. The van der Waals surface area contributed by atoms with Crippen molar-refractivity contribution in [1.82, 2.24) is 14.7 Å². The highest BCUT2D eigenvalue weighted by Gasteiger charge is 2.13. The minimum Gasteiger partial charge on any atom is -0.468 e. The fourth-order valence-corrected chi connectivity index (χ4v) is 1.98. The van der Waals surface area contributed by atoms with Crippen molar-refractivity contribution >= 4 is 5.69 Å². The van der Waals surface area contributed by atoms with Gasteiger partial charge in [-0.1, -0.05) is 6.92 Å². The normalized spacial score (nSPS) is 13.0. The number of nitrogens with two attached hydrogens (primary N) is 1. The Bertz CT molecular complexity index is 481. The molecule has 2 aromatic heterocycles. The number of hydrogen-bond acceptors (Lipinski definition) is 5. The SMILES string of the molecule is CCN(Cc1ccco1)CC(O)Cn1cc(N)cn1. The van der Waals surface area contributed by atoms with Crippen molar-refractivity contribution in [3.63, 3.8) is 0 Å². The van der Waals surface area contributed by atoms with Crippen LogP contribution in [0.15, 0.2) is 35.2 Å². The number of rotatable bonds is 7. The third kappa shape index (κ3) is 4.11. The summed E-state index contributed by atoms with van der Waals surface area (Å²) in [5, 5.41) is 14.1. The molecule has 2 rings (SSSR count). The number of anilines is 1. The van der Waals surface area contributed by atoms with E-state index in [4.69, 9.17) is 10.2 Å². The maximum Gasteiger partial charge on any atom is 0.117 e. The molecule has 0 amide bonds. The molecule has 2 aromatic rings. The van der Waals surface area contributed by atoms with Gasteiger partial charge in [-0.05, 0) is 18.7 Å². The van der Waals surface area contributed by atoms with Gasteiger partial charge in [-0.15, -0.1) is 0 Å². The monoisotopic (exact) mass is 264 g/mol. The highest BCUT2D eigenvalue weighted by atomic mass is 16.3. The third-order valence-electron chi connectivity index (χ3n) is 2.93. The average molecular weight is 264 g/mol. The molecule has 3 N–H and O–H groups in total. The molecule has 1 atom stereocenters. The molecular weight excluding hydrogens is 244 g/mol. The second-order valence-corrected chi connectivity index (χ2v) is 4.56. The number of aliphatic hydroxyl groups excluding tert-OH is 1. The topological polar surface area (TPSA) is 80.5 Å². The largest absolute Gasteiger partial charge is 0.468 e. The van der Waals surface area contributed by atoms with Crippen molar-refractivity contribution in [3.05, 3.63) is 36.5 Å². The van der Waals surface area contributed by atoms with Crippen LogP contribution in [0.2, 0.25) is 0 Å². The minimum absolute atomic E-state index is 0.436. The van der Waals surface area contributed by atoms with Crippen LogP contribution in [0.1, 0.15) is 12.7 Å². The quantitative estimate of drug-likeness (QED) is 0.778. The van der Waals surface area contributed by atoms with Crippen molar-refractivity contribution in [2.45, 2.75) is 26.1 Å². The summed E-state index contributed by atoms with van der Waals surface area (Å²) in [6, 6.07) is 3.80. The van der Waals surface area contributed by atoms with Gasteiger partial charge in [0.15, 0.2) is 0 Å². The summed E-state index contributed by atoms with van der Waals surface area (Å²) in [5.41, 5.74) is 6.19. The average Bonchev–Trinajstić information content (AvgIpc) is 3.00. The van der Waals surface area contributed by atoms with E-state index in [0.29, 0.717) is 25.3 Å². The number of aromatic nitrogens is 2. The number of hydrogen-bond donors (Lipinski definition) is 2. The van der Waals surface area contributed by atoms with Gasteiger partial charge in [0.2, 0.25) is 0 Å². The number of aliphatic hydroxyl groups is 1. The molecule has 0 aromatic carbocycles. The van der Waals surface area contributed by atoms with E-state index in [2.05, 4.69) is 16.9 Å². The zero-order valence-corrected chi connectivity index (χ0v) is 11.1. The smallest absolute Gasteiger partial charge is 0.117 e. The molecule has 0 radical (unpaired) electrons. The van der Waals surface area contributed by atoms with Crippen molar-refractivity contribution in [2.75, 3.05) is 18.8 Å². The van der Waals surface area contributed by atoms with Crippen LogP contribution in [-0.4, -0.2) is 39.0 Å². The molecule has 19 heavy (non-hydrogen) atoms. The van der Waals surface area contributed by atoms with E-state index in [1.165, 1.54) is 0 Å². The predicted molar refractivity (Wildman–Crippen MR) is 72.3 cm³/mol. The van der Waals surface area contributed by atoms with Crippen LogP contribution >= 0.6 is 0 Å². The van der Waals surface area contributed by atoms with Crippen LogP contribution in [-0.2, 0) is 13.1 Å². The van der Waals surface area contributed by atoms with Gasteiger partial charge < -0.3 is 15.3 Å². The molecule has 1 unspecified atom stereocenters. The van der Waals surface area contributed by atoms with E-state index in [0.717, 1.165) is 12.3 Å². The molecule has 0 fully saturated rings. The van der Waals surface area contributed by atoms with Crippen molar-refractivity contribution in [3.8, 4) is 0 Å². The Morgan fingerprint density at radius 1 is 1.58 bits per heavy atom.